The van der Waals surface area contributed by atoms with Gasteiger partial charge in [-0.2, -0.15) is 0 Å². The quantitative estimate of drug-likeness (QED) is 0.0989. The summed E-state index contributed by atoms with van der Waals surface area (Å²) in [5.41, 5.74) is 8.06. The number of azide groups is 1. The number of hydrogen-bond acceptors (Lipinski definition) is 7. The summed E-state index contributed by atoms with van der Waals surface area (Å²) in [7, 11) is 0. The number of ether oxygens (including phenoxy) is 6. The van der Waals surface area contributed by atoms with Gasteiger partial charge in [-0.3, -0.25) is 0 Å². The molecule has 9 nitrogen and oxygen atoms in total. The molecule has 0 atom stereocenters. The Bertz CT molecular complexity index is 296. The lowest BCUT2D eigenvalue weighted by Gasteiger charge is -2.08. The number of alkyl halides is 1. The SMILES string of the molecule is [N-]=[N+]=NCCOCCOCCOCCOCCOCCOCCBr. The Morgan fingerprint density at radius 3 is 1.25 bits per heavy atom. The van der Waals surface area contributed by atoms with E-state index in [0.717, 1.165) is 5.33 Å². The van der Waals surface area contributed by atoms with Crippen molar-refractivity contribution in [2.75, 3.05) is 91.2 Å². The molecule has 0 amide bonds. The van der Waals surface area contributed by atoms with E-state index >= 15 is 0 Å². The maximum absolute atomic E-state index is 8.06. The van der Waals surface area contributed by atoms with E-state index in [9.17, 15) is 0 Å². The van der Waals surface area contributed by atoms with Crippen molar-refractivity contribution >= 4 is 15.9 Å². The van der Waals surface area contributed by atoms with E-state index in [1.807, 2.05) is 0 Å². The van der Waals surface area contributed by atoms with Crippen molar-refractivity contribution in [3.05, 3.63) is 10.4 Å². The van der Waals surface area contributed by atoms with Crippen LogP contribution in [0, 0.1) is 0 Å². The molecule has 0 aromatic carbocycles. The Morgan fingerprint density at radius 2 is 0.917 bits per heavy atom. The third-order valence-corrected chi connectivity index (χ3v) is 2.80. The zero-order valence-electron chi connectivity index (χ0n) is 14.1. The second kappa shape index (κ2) is 22.6. The first-order chi connectivity index (χ1) is 11.9. The van der Waals surface area contributed by atoms with Crippen LogP contribution in [0.3, 0.4) is 0 Å². The summed E-state index contributed by atoms with van der Waals surface area (Å²) in [6.45, 7) is 6.81. The van der Waals surface area contributed by atoms with Gasteiger partial charge in [-0.15, -0.1) is 0 Å². The standard InChI is InChI=1S/C14H28BrN3O6/c15-1-3-19-5-7-21-9-11-23-13-14-24-12-10-22-8-6-20-4-2-17-18-16/h1-14H2. The van der Waals surface area contributed by atoms with Gasteiger partial charge in [-0.1, -0.05) is 21.0 Å². The summed E-state index contributed by atoms with van der Waals surface area (Å²) < 4.78 is 31.8. The van der Waals surface area contributed by atoms with Crippen LogP contribution in [-0.2, 0) is 28.4 Å². The minimum atomic E-state index is 0.343. The largest absolute Gasteiger partial charge is 0.379 e. The highest BCUT2D eigenvalue weighted by atomic mass is 79.9. The van der Waals surface area contributed by atoms with Crippen molar-refractivity contribution in [2.45, 2.75) is 0 Å². The number of nitrogens with zero attached hydrogens (tertiary/aromatic N) is 3. The van der Waals surface area contributed by atoms with E-state index < -0.39 is 0 Å². The van der Waals surface area contributed by atoms with Crippen LogP contribution in [0.4, 0.5) is 0 Å². The Morgan fingerprint density at radius 1 is 0.583 bits per heavy atom. The maximum Gasteiger partial charge on any atom is 0.0701 e. The van der Waals surface area contributed by atoms with Crippen LogP contribution in [0.5, 0.6) is 0 Å². The van der Waals surface area contributed by atoms with Crippen LogP contribution in [0.25, 0.3) is 10.4 Å². The van der Waals surface area contributed by atoms with Crippen molar-refractivity contribution in [1.29, 1.82) is 0 Å². The highest BCUT2D eigenvalue weighted by Crippen LogP contribution is 1.85. The van der Waals surface area contributed by atoms with Gasteiger partial charge in [-0.05, 0) is 5.53 Å². The van der Waals surface area contributed by atoms with Crippen molar-refractivity contribution in [2.24, 2.45) is 5.11 Å². The Kier molecular flexibility index (Phi) is 22.1. The molecule has 0 heterocycles. The summed E-state index contributed by atoms with van der Waals surface area (Å²) in [5.74, 6) is 0. The maximum atomic E-state index is 8.06. The number of rotatable bonds is 20. The summed E-state index contributed by atoms with van der Waals surface area (Å²) in [4.78, 5) is 2.63. The fourth-order valence-electron chi connectivity index (χ4n) is 1.41. The van der Waals surface area contributed by atoms with Crippen molar-refractivity contribution in [1.82, 2.24) is 0 Å². The first kappa shape index (κ1) is 23.5. The minimum absolute atomic E-state index is 0.343. The zero-order valence-corrected chi connectivity index (χ0v) is 15.7. The van der Waals surface area contributed by atoms with E-state index in [1.165, 1.54) is 0 Å². The molecule has 0 N–H and O–H groups in total. The molecule has 0 saturated heterocycles. The molecule has 0 aliphatic carbocycles. The van der Waals surface area contributed by atoms with E-state index in [1.54, 1.807) is 0 Å². The topological polar surface area (TPSA) is 104 Å². The summed E-state index contributed by atoms with van der Waals surface area (Å²) in [6, 6.07) is 0. The summed E-state index contributed by atoms with van der Waals surface area (Å²) in [5, 5.41) is 4.19. The van der Waals surface area contributed by atoms with Gasteiger partial charge in [-0.25, -0.2) is 0 Å². The van der Waals surface area contributed by atoms with E-state index in [-0.39, 0.29) is 0 Å². The molecule has 24 heavy (non-hydrogen) atoms. The van der Waals surface area contributed by atoms with Crippen LogP contribution < -0.4 is 0 Å². The predicted octanol–water partition coefficient (Wildman–Crippen LogP) is 1.79. The monoisotopic (exact) mass is 413 g/mol. The zero-order chi connectivity index (χ0) is 17.6. The molecular weight excluding hydrogens is 386 g/mol. The predicted molar refractivity (Wildman–Crippen MR) is 92.7 cm³/mol. The Labute approximate surface area is 151 Å². The smallest absolute Gasteiger partial charge is 0.0701 e. The first-order valence-corrected chi connectivity index (χ1v) is 9.07. The number of halogens is 1. The molecule has 0 spiro atoms. The fraction of sp³-hybridized carbons (Fsp3) is 1.00. The molecule has 0 rings (SSSR count). The van der Waals surface area contributed by atoms with Gasteiger partial charge in [0.2, 0.25) is 0 Å². The normalized spacial score (nSPS) is 10.7. The van der Waals surface area contributed by atoms with Crippen LogP contribution in [0.2, 0.25) is 0 Å². The van der Waals surface area contributed by atoms with Gasteiger partial charge in [0.1, 0.15) is 0 Å². The highest BCUT2D eigenvalue weighted by Gasteiger charge is 1.93. The van der Waals surface area contributed by atoms with E-state index in [4.69, 9.17) is 34.0 Å². The number of hydrogen-bond donors (Lipinski definition) is 0. The van der Waals surface area contributed by atoms with Crippen LogP contribution in [-0.4, -0.2) is 91.2 Å². The van der Waals surface area contributed by atoms with E-state index in [0.29, 0.717) is 85.8 Å². The molecule has 142 valence electrons. The van der Waals surface area contributed by atoms with Crippen LogP contribution in [0.1, 0.15) is 0 Å². The second-order valence-corrected chi connectivity index (χ2v) is 5.11. The lowest BCUT2D eigenvalue weighted by molar-refractivity contribution is -0.0157. The van der Waals surface area contributed by atoms with Crippen LogP contribution in [0.15, 0.2) is 5.11 Å². The molecule has 0 unspecified atom stereocenters. The molecule has 0 aliphatic heterocycles. The lowest BCUT2D eigenvalue weighted by atomic mass is 10.6. The molecule has 0 fully saturated rings. The molecule has 0 aromatic rings. The molecule has 0 saturated carbocycles. The van der Waals surface area contributed by atoms with Gasteiger partial charge in [0.25, 0.3) is 0 Å². The molecular formula is C14H28BrN3O6. The molecule has 0 aromatic heterocycles. The first-order valence-electron chi connectivity index (χ1n) is 7.95. The third kappa shape index (κ3) is 21.6. The molecule has 0 radical (unpaired) electrons. The van der Waals surface area contributed by atoms with Gasteiger partial charge in [0, 0.05) is 16.8 Å². The fourth-order valence-corrected chi connectivity index (χ4v) is 1.64. The lowest BCUT2D eigenvalue weighted by Crippen LogP contribution is -2.14. The van der Waals surface area contributed by atoms with Crippen molar-refractivity contribution < 1.29 is 28.4 Å². The molecule has 0 aliphatic rings. The van der Waals surface area contributed by atoms with Gasteiger partial charge >= 0.3 is 0 Å². The summed E-state index contributed by atoms with van der Waals surface area (Å²) in [6.07, 6.45) is 0. The second-order valence-electron chi connectivity index (χ2n) is 4.32. The van der Waals surface area contributed by atoms with Crippen LogP contribution >= 0.6 is 15.9 Å². The van der Waals surface area contributed by atoms with Gasteiger partial charge < -0.3 is 28.4 Å². The highest BCUT2D eigenvalue weighted by molar-refractivity contribution is 9.09. The van der Waals surface area contributed by atoms with Gasteiger partial charge in [0.15, 0.2) is 0 Å². The van der Waals surface area contributed by atoms with Crippen molar-refractivity contribution in [3.63, 3.8) is 0 Å². The molecule has 0 bridgehead atoms. The van der Waals surface area contributed by atoms with E-state index in [2.05, 4.69) is 26.0 Å². The average Bonchev–Trinajstić information content (AvgIpc) is 2.60. The van der Waals surface area contributed by atoms with Gasteiger partial charge in [0.05, 0.1) is 79.3 Å². The summed E-state index contributed by atoms with van der Waals surface area (Å²) >= 11 is 3.28. The minimum Gasteiger partial charge on any atom is -0.379 e. The third-order valence-electron chi connectivity index (χ3n) is 2.48. The van der Waals surface area contributed by atoms with Crippen molar-refractivity contribution in [3.8, 4) is 0 Å². The Hall–Kier alpha value is -0.450. The average molecular weight is 414 g/mol. The molecule has 10 heteroatoms. The Balaban J connectivity index is 2.96.